The SMILES string of the molecule is Cc1cccc(NC(=O)c2ccc(O)c(Cl)c2)c1C(=O)O. The number of carbonyl (C=O) groups excluding carboxylic acids is 1. The van der Waals surface area contributed by atoms with E-state index in [0.29, 0.717) is 5.56 Å². The second-order valence-corrected chi connectivity index (χ2v) is 4.83. The lowest BCUT2D eigenvalue weighted by atomic mass is 10.1. The van der Waals surface area contributed by atoms with Gasteiger partial charge in [-0.2, -0.15) is 0 Å². The summed E-state index contributed by atoms with van der Waals surface area (Å²) in [5.74, 6) is -1.76. The molecule has 0 saturated carbocycles. The van der Waals surface area contributed by atoms with Crippen molar-refractivity contribution in [3.63, 3.8) is 0 Å². The largest absolute Gasteiger partial charge is 0.506 e. The monoisotopic (exact) mass is 305 g/mol. The number of phenols is 1. The molecular weight excluding hydrogens is 294 g/mol. The van der Waals surface area contributed by atoms with Crippen molar-refractivity contribution >= 4 is 29.2 Å². The first-order valence-electron chi connectivity index (χ1n) is 6.03. The molecule has 2 aromatic rings. The molecule has 1 amide bonds. The van der Waals surface area contributed by atoms with Crippen molar-refractivity contribution < 1.29 is 19.8 Å². The molecule has 2 rings (SSSR count). The minimum absolute atomic E-state index is 0.0377. The average molecular weight is 306 g/mol. The number of carboxylic acid groups (broad SMARTS) is 1. The van der Waals surface area contributed by atoms with Crippen LogP contribution in [-0.2, 0) is 0 Å². The van der Waals surface area contributed by atoms with Crippen LogP contribution in [0.15, 0.2) is 36.4 Å². The highest BCUT2D eigenvalue weighted by molar-refractivity contribution is 6.32. The van der Waals surface area contributed by atoms with Gasteiger partial charge in [-0.05, 0) is 36.8 Å². The summed E-state index contributed by atoms with van der Waals surface area (Å²) in [4.78, 5) is 23.4. The van der Waals surface area contributed by atoms with Gasteiger partial charge in [-0.3, -0.25) is 4.79 Å². The molecule has 0 aliphatic carbocycles. The van der Waals surface area contributed by atoms with Gasteiger partial charge in [-0.25, -0.2) is 4.79 Å². The fourth-order valence-electron chi connectivity index (χ4n) is 1.90. The third kappa shape index (κ3) is 3.14. The number of hydrogen-bond acceptors (Lipinski definition) is 3. The topological polar surface area (TPSA) is 86.6 Å². The van der Waals surface area contributed by atoms with E-state index in [4.69, 9.17) is 11.6 Å². The summed E-state index contributed by atoms with van der Waals surface area (Å²) in [6.45, 7) is 1.65. The first-order valence-corrected chi connectivity index (χ1v) is 6.40. The normalized spacial score (nSPS) is 10.2. The molecule has 21 heavy (non-hydrogen) atoms. The van der Waals surface area contributed by atoms with Gasteiger partial charge < -0.3 is 15.5 Å². The Morgan fingerprint density at radius 1 is 1.19 bits per heavy atom. The van der Waals surface area contributed by atoms with Gasteiger partial charge in [0.15, 0.2) is 0 Å². The molecule has 6 heteroatoms. The van der Waals surface area contributed by atoms with Crippen molar-refractivity contribution in [2.75, 3.05) is 5.32 Å². The van der Waals surface area contributed by atoms with Gasteiger partial charge in [0.25, 0.3) is 5.91 Å². The molecule has 0 radical (unpaired) electrons. The van der Waals surface area contributed by atoms with Crippen LogP contribution in [0.4, 0.5) is 5.69 Å². The lowest BCUT2D eigenvalue weighted by Gasteiger charge is -2.11. The predicted octanol–water partition coefficient (Wildman–Crippen LogP) is 3.30. The Balaban J connectivity index is 2.34. The zero-order valence-corrected chi connectivity index (χ0v) is 11.8. The number of aromatic hydroxyl groups is 1. The summed E-state index contributed by atoms with van der Waals surface area (Å²) >= 11 is 5.74. The highest BCUT2D eigenvalue weighted by Crippen LogP contribution is 2.25. The first kappa shape index (κ1) is 14.9. The Labute approximate surface area is 125 Å². The number of phenolic OH excluding ortho intramolecular Hbond substituents is 1. The van der Waals surface area contributed by atoms with E-state index in [1.807, 2.05) is 0 Å². The predicted molar refractivity (Wildman–Crippen MR) is 79.2 cm³/mol. The molecular formula is C15H12ClNO4. The Kier molecular flexibility index (Phi) is 4.14. The number of benzene rings is 2. The van der Waals surface area contributed by atoms with Crippen molar-refractivity contribution in [1.82, 2.24) is 0 Å². The Bertz CT molecular complexity index is 728. The maximum Gasteiger partial charge on any atom is 0.338 e. The van der Waals surface area contributed by atoms with Crippen LogP contribution in [0.1, 0.15) is 26.3 Å². The highest BCUT2D eigenvalue weighted by Gasteiger charge is 2.16. The number of aryl methyl sites for hydroxylation is 1. The molecule has 0 aliphatic heterocycles. The van der Waals surface area contributed by atoms with Crippen LogP contribution in [0.2, 0.25) is 5.02 Å². The number of anilines is 1. The maximum atomic E-state index is 12.1. The van der Waals surface area contributed by atoms with Gasteiger partial charge in [0.2, 0.25) is 0 Å². The van der Waals surface area contributed by atoms with Crippen molar-refractivity contribution in [1.29, 1.82) is 0 Å². The smallest absolute Gasteiger partial charge is 0.338 e. The van der Waals surface area contributed by atoms with Crippen molar-refractivity contribution in [3.8, 4) is 5.75 Å². The number of hydrogen-bond donors (Lipinski definition) is 3. The van der Waals surface area contributed by atoms with Crippen LogP contribution in [0.25, 0.3) is 0 Å². The van der Waals surface area contributed by atoms with E-state index < -0.39 is 11.9 Å². The number of rotatable bonds is 3. The van der Waals surface area contributed by atoms with E-state index in [-0.39, 0.29) is 27.6 Å². The molecule has 3 N–H and O–H groups in total. The van der Waals surface area contributed by atoms with Crippen LogP contribution < -0.4 is 5.32 Å². The Hall–Kier alpha value is -2.53. The number of nitrogens with one attached hydrogen (secondary N) is 1. The van der Waals surface area contributed by atoms with E-state index >= 15 is 0 Å². The molecule has 5 nitrogen and oxygen atoms in total. The van der Waals surface area contributed by atoms with E-state index in [9.17, 15) is 19.8 Å². The molecule has 0 saturated heterocycles. The Morgan fingerprint density at radius 2 is 1.90 bits per heavy atom. The highest BCUT2D eigenvalue weighted by atomic mass is 35.5. The van der Waals surface area contributed by atoms with Crippen LogP contribution in [0.3, 0.4) is 0 Å². The summed E-state index contributed by atoms with van der Waals surface area (Å²) in [5, 5.41) is 21.1. The van der Waals surface area contributed by atoms with Gasteiger partial charge in [0.05, 0.1) is 16.3 Å². The minimum Gasteiger partial charge on any atom is -0.506 e. The fraction of sp³-hybridized carbons (Fsp3) is 0.0667. The van der Waals surface area contributed by atoms with Gasteiger partial charge in [-0.1, -0.05) is 23.7 Å². The van der Waals surface area contributed by atoms with E-state index in [1.165, 1.54) is 24.3 Å². The maximum absolute atomic E-state index is 12.1. The third-order valence-electron chi connectivity index (χ3n) is 2.94. The molecule has 0 bridgehead atoms. The van der Waals surface area contributed by atoms with Crippen molar-refractivity contribution in [2.24, 2.45) is 0 Å². The standard InChI is InChI=1S/C15H12ClNO4/c1-8-3-2-4-11(13(8)15(20)21)17-14(19)9-5-6-12(18)10(16)7-9/h2-7,18H,1H3,(H,17,19)(H,20,21). The summed E-state index contributed by atoms with van der Waals surface area (Å²) in [7, 11) is 0. The first-order chi connectivity index (χ1) is 9.90. The molecule has 0 heterocycles. The third-order valence-corrected chi connectivity index (χ3v) is 3.25. The van der Waals surface area contributed by atoms with Gasteiger partial charge in [0.1, 0.15) is 5.75 Å². The second-order valence-electron chi connectivity index (χ2n) is 4.42. The van der Waals surface area contributed by atoms with Crippen molar-refractivity contribution in [3.05, 3.63) is 58.1 Å². The number of carboxylic acids is 1. The van der Waals surface area contributed by atoms with Gasteiger partial charge in [-0.15, -0.1) is 0 Å². The van der Waals surface area contributed by atoms with Crippen molar-refractivity contribution in [2.45, 2.75) is 6.92 Å². The van der Waals surface area contributed by atoms with Gasteiger partial charge >= 0.3 is 5.97 Å². The molecule has 0 aromatic heterocycles. The number of aromatic carboxylic acids is 1. The lowest BCUT2D eigenvalue weighted by molar-refractivity contribution is 0.0697. The molecule has 0 aliphatic rings. The molecule has 0 fully saturated rings. The van der Waals surface area contributed by atoms with Gasteiger partial charge in [0, 0.05) is 5.56 Å². The molecule has 0 unspecified atom stereocenters. The Morgan fingerprint density at radius 3 is 2.52 bits per heavy atom. The van der Waals surface area contributed by atoms with Crippen LogP contribution in [-0.4, -0.2) is 22.1 Å². The van der Waals surface area contributed by atoms with Crippen LogP contribution in [0, 0.1) is 6.92 Å². The molecule has 0 spiro atoms. The number of halogens is 1. The van der Waals surface area contributed by atoms with E-state index in [1.54, 1.807) is 19.1 Å². The summed E-state index contributed by atoms with van der Waals surface area (Å²) in [6.07, 6.45) is 0. The summed E-state index contributed by atoms with van der Waals surface area (Å²) < 4.78 is 0. The minimum atomic E-state index is -1.12. The molecule has 2 aromatic carbocycles. The van der Waals surface area contributed by atoms with Crippen LogP contribution >= 0.6 is 11.6 Å². The van der Waals surface area contributed by atoms with E-state index in [0.717, 1.165) is 0 Å². The fourth-order valence-corrected chi connectivity index (χ4v) is 2.08. The quantitative estimate of drug-likeness (QED) is 0.812. The molecule has 0 atom stereocenters. The lowest BCUT2D eigenvalue weighted by Crippen LogP contribution is -2.15. The zero-order chi connectivity index (χ0) is 15.6. The number of carbonyl (C=O) groups is 2. The zero-order valence-electron chi connectivity index (χ0n) is 11.1. The summed E-state index contributed by atoms with van der Waals surface area (Å²) in [5.41, 5.74) is 1.01. The average Bonchev–Trinajstić information content (AvgIpc) is 2.41. The number of amides is 1. The van der Waals surface area contributed by atoms with Crippen LogP contribution in [0.5, 0.6) is 5.75 Å². The second kappa shape index (κ2) is 5.85. The van der Waals surface area contributed by atoms with E-state index in [2.05, 4.69) is 5.32 Å². The summed E-state index contributed by atoms with van der Waals surface area (Å²) in [6, 6.07) is 8.81. The molecule has 108 valence electrons.